The molecule has 7 heteroatoms. The van der Waals surface area contributed by atoms with Crippen molar-refractivity contribution in [3.63, 3.8) is 0 Å². The van der Waals surface area contributed by atoms with E-state index in [9.17, 15) is 19.8 Å². The number of carbonyl (C=O) groups is 2. The third kappa shape index (κ3) is 3.64. The Kier molecular flexibility index (Phi) is 5.46. The lowest BCUT2D eigenvalue weighted by molar-refractivity contribution is -0.140. The second-order valence-electron chi connectivity index (χ2n) is 7.41. The fraction of sp³-hybridized carbons (Fsp3) is 0.304. The molecule has 0 spiro atoms. The fourth-order valence-corrected chi connectivity index (χ4v) is 4.02. The molecule has 30 heavy (non-hydrogen) atoms. The van der Waals surface area contributed by atoms with Crippen LogP contribution in [0.5, 0.6) is 11.5 Å². The normalized spacial score (nSPS) is 23.2. The van der Waals surface area contributed by atoms with Crippen molar-refractivity contribution < 1.29 is 29.3 Å². The number of ether oxygens (including phenoxy) is 2. The van der Waals surface area contributed by atoms with Gasteiger partial charge in [0.05, 0.1) is 24.8 Å². The number of amides is 1. The van der Waals surface area contributed by atoms with Gasteiger partial charge in [0.1, 0.15) is 17.3 Å². The molecular formula is C23H23NO6. The molecule has 156 valence electrons. The van der Waals surface area contributed by atoms with Crippen LogP contribution in [0.1, 0.15) is 30.0 Å². The number of benzene rings is 2. The van der Waals surface area contributed by atoms with Gasteiger partial charge in [0.2, 0.25) is 0 Å². The van der Waals surface area contributed by atoms with Gasteiger partial charge in [-0.15, -0.1) is 0 Å². The van der Waals surface area contributed by atoms with E-state index in [2.05, 4.69) is 0 Å². The molecule has 2 aliphatic rings. The van der Waals surface area contributed by atoms with E-state index >= 15 is 0 Å². The molecule has 2 aromatic carbocycles. The van der Waals surface area contributed by atoms with Gasteiger partial charge in [-0.1, -0.05) is 12.1 Å². The van der Waals surface area contributed by atoms with Gasteiger partial charge in [-0.2, -0.15) is 0 Å². The number of hydrogen-bond donors (Lipinski definition) is 2. The summed E-state index contributed by atoms with van der Waals surface area (Å²) in [5.74, 6) is -1.09. The van der Waals surface area contributed by atoms with E-state index < -0.39 is 17.7 Å². The van der Waals surface area contributed by atoms with Gasteiger partial charge >= 0.3 is 0 Å². The molecule has 2 aliphatic heterocycles. The van der Waals surface area contributed by atoms with E-state index in [1.807, 2.05) is 0 Å². The molecule has 0 bridgehead atoms. The second-order valence-corrected chi connectivity index (χ2v) is 7.41. The van der Waals surface area contributed by atoms with E-state index in [0.29, 0.717) is 23.5 Å². The van der Waals surface area contributed by atoms with Crippen LogP contribution < -0.4 is 4.74 Å². The molecule has 1 amide bonds. The zero-order chi connectivity index (χ0) is 21.3. The van der Waals surface area contributed by atoms with Gasteiger partial charge in [-0.3, -0.25) is 9.59 Å². The summed E-state index contributed by atoms with van der Waals surface area (Å²) in [4.78, 5) is 27.3. The van der Waals surface area contributed by atoms with E-state index in [-0.39, 0.29) is 29.7 Å². The van der Waals surface area contributed by atoms with Crippen molar-refractivity contribution in [2.45, 2.75) is 25.0 Å². The summed E-state index contributed by atoms with van der Waals surface area (Å²) in [6.45, 7) is 0.863. The molecule has 4 rings (SSSR count). The molecule has 0 radical (unpaired) electrons. The van der Waals surface area contributed by atoms with Gasteiger partial charge in [0, 0.05) is 18.7 Å². The van der Waals surface area contributed by atoms with Crippen LogP contribution in [0.15, 0.2) is 54.1 Å². The monoisotopic (exact) mass is 409 g/mol. The van der Waals surface area contributed by atoms with Crippen LogP contribution in [0.25, 0.3) is 5.76 Å². The third-order valence-electron chi connectivity index (χ3n) is 5.51. The van der Waals surface area contributed by atoms with E-state index in [1.165, 1.54) is 24.1 Å². The number of carbonyl (C=O) groups excluding carboxylic acids is 2. The first-order chi connectivity index (χ1) is 14.5. The fourth-order valence-electron chi connectivity index (χ4n) is 4.02. The molecule has 0 unspecified atom stereocenters. The smallest absolute Gasteiger partial charge is 0.295 e. The molecule has 0 saturated carbocycles. The molecule has 2 atom stereocenters. The Morgan fingerprint density at radius 1 is 1.20 bits per heavy atom. The van der Waals surface area contributed by atoms with Crippen LogP contribution in [0.4, 0.5) is 0 Å². The average molecular weight is 409 g/mol. The number of nitrogens with zero attached hydrogens (tertiary/aromatic N) is 1. The maximum atomic E-state index is 13.0. The van der Waals surface area contributed by atoms with Crippen LogP contribution in [0, 0.1) is 0 Å². The minimum atomic E-state index is -0.816. The number of hydrogen-bond acceptors (Lipinski definition) is 6. The maximum Gasteiger partial charge on any atom is 0.295 e. The number of rotatable bonds is 5. The highest BCUT2D eigenvalue weighted by Gasteiger charge is 2.47. The Bertz CT molecular complexity index is 991. The number of Topliss-reactive ketones (excluding diaryl/α,β-unsaturated/α-hetero) is 1. The van der Waals surface area contributed by atoms with Crippen LogP contribution >= 0.6 is 0 Å². The van der Waals surface area contributed by atoms with Gasteiger partial charge < -0.3 is 24.6 Å². The summed E-state index contributed by atoms with van der Waals surface area (Å²) in [5, 5.41) is 21.0. The highest BCUT2D eigenvalue weighted by atomic mass is 16.5. The first kappa shape index (κ1) is 20.0. The summed E-state index contributed by atoms with van der Waals surface area (Å²) in [6, 6.07) is 12.1. The Morgan fingerprint density at radius 3 is 2.60 bits per heavy atom. The van der Waals surface area contributed by atoms with Crippen molar-refractivity contribution in [3.8, 4) is 11.5 Å². The summed E-state index contributed by atoms with van der Waals surface area (Å²) in [7, 11) is 1.54. The predicted molar refractivity (Wildman–Crippen MR) is 109 cm³/mol. The Morgan fingerprint density at radius 2 is 1.97 bits per heavy atom. The number of aliphatic hydroxyl groups is 1. The Hall–Kier alpha value is -3.32. The summed E-state index contributed by atoms with van der Waals surface area (Å²) in [6.07, 6.45) is 1.54. The maximum absolute atomic E-state index is 13.0. The number of ketones is 1. The minimum absolute atomic E-state index is 0.00577. The number of phenols is 1. The average Bonchev–Trinajstić information content (AvgIpc) is 3.36. The quantitative estimate of drug-likeness (QED) is 0.448. The minimum Gasteiger partial charge on any atom is -0.508 e. The zero-order valence-electron chi connectivity index (χ0n) is 16.6. The van der Waals surface area contributed by atoms with Gasteiger partial charge in [-0.05, 0) is 54.8 Å². The highest BCUT2D eigenvalue weighted by Crippen LogP contribution is 2.40. The lowest BCUT2D eigenvalue weighted by Gasteiger charge is -2.27. The van der Waals surface area contributed by atoms with Crippen molar-refractivity contribution in [3.05, 3.63) is 65.2 Å². The molecule has 2 aromatic rings. The van der Waals surface area contributed by atoms with Crippen LogP contribution in [-0.2, 0) is 14.3 Å². The lowest BCUT2D eigenvalue weighted by Crippen LogP contribution is -2.36. The van der Waals surface area contributed by atoms with Gasteiger partial charge in [0.25, 0.3) is 11.7 Å². The number of likely N-dealkylation sites (tertiary alicyclic amines) is 1. The van der Waals surface area contributed by atoms with Crippen molar-refractivity contribution >= 4 is 17.4 Å². The number of phenolic OH excluding ortho intramolecular Hbond substituents is 1. The molecular weight excluding hydrogens is 386 g/mol. The standard InChI is InChI=1S/C23H23NO6/c1-29-17-9-7-14(8-10-17)21(26)19-20(15-4-2-5-16(25)12-15)24(23(28)22(19)27)13-18-6-3-11-30-18/h2,4-5,7-10,12,18,20,25-26H,3,6,11,13H2,1H3/t18-,20-/m1/s1. The first-order valence-electron chi connectivity index (χ1n) is 9.83. The number of aromatic hydroxyl groups is 1. The molecule has 0 aromatic heterocycles. The number of aliphatic hydroxyl groups excluding tert-OH is 1. The van der Waals surface area contributed by atoms with Gasteiger partial charge in [0.15, 0.2) is 0 Å². The van der Waals surface area contributed by atoms with Gasteiger partial charge in [-0.25, -0.2) is 0 Å². The highest BCUT2D eigenvalue weighted by molar-refractivity contribution is 6.46. The Balaban J connectivity index is 1.81. The molecule has 0 aliphatic carbocycles. The second kappa shape index (κ2) is 8.20. The van der Waals surface area contributed by atoms with Crippen molar-refractivity contribution in [1.29, 1.82) is 0 Å². The van der Waals surface area contributed by atoms with Crippen molar-refractivity contribution in [2.75, 3.05) is 20.3 Å². The van der Waals surface area contributed by atoms with Crippen LogP contribution in [-0.4, -0.2) is 53.2 Å². The molecule has 2 saturated heterocycles. The molecule has 7 nitrogen and oxygen atoms in total. The van der Waals surface area contributed by atoms with Crippen LogP contribution in [0.2, 0.25) is 0 Å². The largest absolute Gasteiger partial charge is 0.508 e. The van der Waals surface area contributed by atoms with Crippen molar-refractivity contribution in [1.82, 2.24) is 4.90 Å². The molecule has 2 N–H and O–H groups in total. The summed E-state index contributed by atoms with van der Waals surface area (Å²) >= 11 is 0. The summed E-state index contributed by atoms with van der Waals surface area (Å²) in [5.41, 5.74) is 0.937. The van der Waals surface area contributed by atoms with E-state index in [1.54, 1.807) is 36.4 Å². The zero-order valence-corrected chi connectivity index (χ0v) is 16.6. The van der Waals surface area contributed by atoms with Crippen LogP contribution in [0.3, 0.4) is 0 Å². The van der Waals surface area contributed by atoms with E-state index in [0.717, 1.165) is 12.8 Å². The molecule has 2 fully saturated rings. The topological polar surface area (TPSA) is 96.3 Å². The summed E-state index contributed by atoms with van der Waals surface area (Å²) < 4.78 is 10.8. The predicted octanol–water partition coefficient (Wildman–Crippen LogP) is 3.00. The van der Waals surface area contributed by atoms with E-state index in [4.69, 9.17) is 9.47 Å². The number of methoxy groups -OCH3 is 1. The first-order valence-corrected chi connectivity index (χ1v) is 9.83. The Labute approximate surface area is 174 Å². The third-order valence-corrected chi connectivity index (χ3v) is 5.51. The van der Waals surface area contributed by atoms with Crippen molar-refractivity contribution in [2.24, 2.45) is 0 Å². The lowest BCUT2D eigenvalue weighted by atomic mass is 9.95. The molecule has 2 heterocycles. The SMILES string of the molecule is COc1ccc(C(O)=C2C(=O)C(=O)N(C[C@H]3CCCO3)[C@@H]2c2cccc(O)c2)cc1.